The number of rotatable bonds is 7. The van der Waals surface area contributed by atoms with Crippen molar-refractivity contribution in [3.05, 3.63) is 51.0 Å². The Hall–Kier alpha value is -1.58. The van der Waals surface area contributed by atoms with Crippen LogP contribution in [0.2, 0.25) is 10.0 Å². The molecule has 0 spiro atoms. The molecule has 0 aliphatic carbocycles. The van der Waals surface area contributed by atoms with E-state index in [0.717, 1.165) is 11.0 Å². The molecule has 0 bridgehead atoms. The summed E-state index contributed by atoms with van der Waals surface area (Å²) in [5, 5.41) is 11.1. The highest BCUT2D eigenvalue weighted by Crippen LogP contribution is 2.23. The molecule has 24 heavy (non-hydrogen) atoms. The molecule has 0 radical (unpaired) electrons. The molecule has 0 unspecified atom stereocenters. The average molecular weight is 392 g/mol. The quantitative estimate of drug-likeness (QED) is 0.731. The van der Waals surface area contributed by atoms with Crippen molar-refractivity contribution in [1.82, 2.24) is 9.78 Å². The average Bonchev–Trinajstić information content (AvgIpc) is 2.87. The normalized spacial score (nSPS) is 12.0. The van der Waals surface area contributed by atoms with Gasteiger partial charge in [-0.05, 0) is 23.8 Å². The number of ether oxygens (including phenoxy) is 2. The first-order valence-electron chi connectivity index (χ1n) is 6.63. The highest BCUT2D eigenvalue weighted by molar-refractivity contribution is 7.92. The fraction of sp³-hybridized carbons (Fsp3) is 0.214. The largest absolute Gasteiger partial charge is 0.449 e. The number of nitrogens with zero attached hydrogens (tertiary/aromatic N) is 2. The summed E-state index contributed by atoms with van der Waals surface area (Å²) < 4.78 is 33.9. The van der Waals surface area contributed by atoms with Crippen molar-refractivity contribution >= 4 is 39.3 Å². The van der Waals surface area contributed by atoms with Crippen LogP contribution in [0.1, 0.15) is 11.3 Å². The molecule has 1 aromatic carbocycles. The van der Waals surface area contributed by atoms with E-state index in [4.69, 9.17) is 37.8 Å². The van der Waals surface area contributed by atoms with Crippen LogP contribution in [0.15, 0.2) is 29.7 Å². The van der Waals surface area contributed by atoms with E-state index >= 15 is 0 Å². The number of aromatic nitrogens is 2. The van der Waals surface area contributed by atoms with Crippen molar-refractivity contribution in [2.24, 2.45) is 5.14 Å². The van der Waals surface area contributed by atoms with Crippen LogP contribution in [0.25, 0.3) is 6.08 Å². The highest BCUT2D eigenvalue weighted by Gasteiger charge is 2.10. The van der Waals surface area contributed by atoms with Gasteiger partial charge in [-0.3, -0.25) is 4.68 Å². The molecular weight excluding hydrogens is 377 g/mol. The Kier molecular flexibility index (Phi) is 6.25. The van der Waals surface area contributed by atoms with Crippen molar-refractivity contribution in [2.75, 3.05) is 13.9 Å². The smallest absolute Gasteiger partial charge is 0.235 e. The summed E-state index contributed by atoms with van der Waals surface area (Å²) in [6.07, 6.45) is 1.33. The first-order chi connectivity index (χ1) is 11.3. The van der Waals surface area contributed by atoms with Crippen LogP contribution in [0, 0.1) is 0 Å². The van der Waals surface area contributed by atoms with E-state index in [1.54, 1.807) is 24.3 Å². The lowest BCUT2D eigenvalue weighted by atomic mass is 10.2. The Balaban J connectivity index is 2.35. The SMILES string of the molecule is COCOc1cc(/C=C/S(N)(=O)=O)n(Cc2ccc(Cl)cc2Cl)n1. The Morgan fingerprint density at radius 3 is 2.71 bits per heavy atom. The number of hydrogen-bond donors (Lipinski definition) is 1. The summed E-state index contributed by atoms with van der Waals surface area (Å²) in [6.45, 7) is 0.299. The zero-order chi connectivity index (χ0) is 17.7. The second-order valence-electron chi connectivity index (χ2n) is 4.74. The third kappa shape index (κ3) is 5.50. The van der Waals surface area contributed by atoms with Gasteiger partial charge in [0.2, 0.25) is 15.9 Å². The lowest BCUT2D eigenvalue weighted by molar-refractivity contribution is 0.0473. The lowest BCUT2D eigenvalue weighted by Crippen LogP contribution is -2.08. The van der Waals surface area contributed by atoms with Gasteiger partial charge in [0.15, 0.2) is 6.79 Å². The molecule has 0 aliphatic heterocycles. The van der Waals surface area contributed by atoms with Crippen molar-refractivity contribution in [3.8, 4) is 5.88 Å². The summed E-state index contributed by atoms with van der Waals surface area (Å²) in [7, 11) is -2.29. The van der Waals surface area contributed by atoms with Gasteiger partial charge >= 0.3 is 0 Å². The maximum Gasteiger partial charge on any atom is 0.235 e. The van der Waals surface area contributed by atoms with E-state index in [2.05, 4.69) is 5.10 Å². The second kappa shape index (κ2) is 8.00. The fourth-order valence-corrected chi connectivity index (χ4v) is 2.63. The van der Waals surface area contributed by atoms with Crippen molar-refractivity contribution < 1.29 is 17.9 Å². The van der Waals surface area contributed by atoms with E-state index in [-0.39, 0.29) is 19.2 Å². The molecule has 0 fully saturated rings. The minimum Gasteiger partial charge on any atom is -0.449 e. The summed E-state index contributed by atoms with van der Waals surface area (Å²) in [5.41, 5.74) is 1.23. The van der Waals surface area contributed by atoms with Gasteiger partial charge in [-0.1, -0.05) is 29.3 Å². The molecule has 2 N–H and O–H groups in total. The molecule has 130 valence electrons. The number of hydrogen-bond acceptors (Lipinski definition) is 5. The van der Waals surface area contributed by atoms with Crippen LogP contribution in [0.4, 0.5) is 0 Å². The molecule has 0 atom stereocenters. The highest BCUT2D eigenvalue weighted by atomic mass is 35.5. The van der Waals surface area contributed by atoms with Crippen LogP contribution in [0.3, 0.4) is 0 Å². The van der Waals surface area contributed by atoms with Crippen LogP contribution < -0.4 is 9.88 Å². The minimum atomic E-state index is -3.76. The molecule has 2 aromatic rings. The van der Waals surface area contributed by atoms with Gasteiger partial charge in [0, 0.05) is 28.6 Å². The predicted octanol–water partition coefficient (Wildman–Crippen LogP) is 2.48. The van der Waals surface area contributed by atoms with Crippen molar-refractivity contribution in [3.63, 3.8) is 0 Å². The summed E-state index contributed by atoms with van der Waals surface area (Å²) in [6, 6.07) is 6.64. The lowest BCUT2D eigenvalue weighted by Gasteiger charge is -2.07. The molecular formula is C14H15Cl2N3O4S. The Labute approximate surface area is 149 Å². The second-order valence-corrected chi connectivity index (χ2v) is 7.04. The van der Waals surface area contributed by atoms with E-state index in [9.17, 15) is 8.42 Å². The van der Waals surface area contributed by atoms with E-state index in [1.807, 2.05) is 0 Å². The molecule has 1 aromatic heterocycles. The predicted molar refractivity (Wildman–Crippen MR) is 92.4 cm³/mol. The minimum absolute atomic E-state index is 0.0110. The third-order valence-electron chi connectivity index (χ3n) is 2.88. The van der Waals surface area contributed by atoms with Gasteiger partial charge in [0.1, 0.15) is 0 Å². The first-order valence-corrected chi connectivity index (χ1v) is 8.99. The maximum absolute atomic E-state index is 11.1. The molecule has 2 rings (SSSR count). The third-order valence-corrected chi connectivity index (χ3v) is 3.98. The van der Waals surface area contributed by atoms with Gasteiger partial charge in [-0.25, -0.2) is 13.6 Å². The molecule has 0 saturated heterocycles. The number of halogens is 2. The van der Waals surface area contributed by atoms with Crippen LogP contribution in [-0.4, -0.2) is 32.1 Å². The standard InChI is InChI=1S/C14H15Cl2N3O4S/c1-22-9-23-14-7-12(4-5-24(17,20)21)19(18-14)8-10-2-3-11(15)6-13(10)16/h2-7H,8-9H2,1H3,(H2,17,20,21)/b5-4+. The zero-order valence-electron chi connectivity index (χ0n) is 12.6. The summed E-state index contributed by atoms with van der Waals surface area (Å²) >= 11 is 12.0. The van der Waals surface area contributed by atoms with E-state index < -0.39 is 10.0 Å². The Morgan fingerprint density at radius 2 is 2.08 bits per heavy atom. The van der Waals surface area contributed by atoms with Crippen LogP contribution in [-0.2, 0) is 21.3 Å². The maximum atomic E-state index is 11.1. The number of benzene rings is 1. The number of primary sulfonamides is 1. The molecule has 0 amide bonds. The van der Waals surface area contributed by atoms with Gasteiger partial charge in [0.25, 0.3) is 0 Å². The monoisotopic (exact) mass is 391 g/mol. The Morgan fingerprint density at radius 1 is 1.33 bits per heavy atom. The molecule has 1 heterocycles. The topological polar surface area (TPSA) is 96.4 Å². The van der Waals surface area contributed by atoms with Gasteiger partial charge in [0.05, 0.1) is 12.2 Å². The van der Waals surface area contributed by atoms with Gasteiger partial charge in [-0.15, -0.1) is 5.10 Å². The number of methoxy groups -OCH3 is 1. The summed E-state index contributed by atoms with van der Waals surface area (Å²) in [4.78, 5) is 0. The number of sulfonamides is 1. The van der Waals surface area contributed by atoms with Crippen molar-refractivity contribution in [2.45, 2.75) is 6.54 Å². The van der Waals surface area contributed by atoms with Crippen molar-refractivity contribution in [1.29, 1.82) is 0 Å². The summed E-state index contributed by atoms with van der Waals surface area (Å²) in [5.74, 6) is 0.274. The van der Waals surface area contributed by atoms with Gasteiger partial charge < -0.3 is 9.47 Å². The van der Waals surface area contributed by atoms with E-state index in [0.29, 0.717) is 15.7 Å². The number of nitrogens with two attached hydrogens (primary N) is 1. The fourth-order valence-electron chi connectivity index (χ4n) is 1.83. The van der Waals surface area contributed by atoms with E-state index in [1.165, 1.54) is 17.9 Å². The van der Waals surface area contributed by atoms with Crippen LogP contribution in [0.5, 0.6) is 5.88 Å². The van der Waals surface area contributed by atoms with Crippen LogP contribution >= 0.6 is 23.2 Å². The zero-order valence-corrected chi connectivity index (χ0v) is 15.0. The molecule has 0 aliphatic rings. The van der Waals surface area contributed by atoms with Gasteiger partial charge in [-0.2, -0.15) is 0 Å². The Bertz CT molecular complexity index is 850. The first kappa shape index (κ1) is 18.8. The molecule has 10 heteroatoms. The molecule has 7 nitrogen and oxygen atoms in total. The molecule has 0 saturated carbocycles.